The van der Waals surface area contributed by atoms with E-state index in [1.54, 1.807) is 6.07 Å². The average molecular weight is 210 g/mol. The third kappa shape index (κ3) is 2.63. The predicted molar refractivity (Wildman–Crippen MR) is 54.4 cm³/mol. The van der Waals surface area contributed by atoms with E-state index in [1.807, 2.05) is 6.08 Å². The van der Waals surface area contributed by atoms with Crippen LogP contribution in [-0.2, 0) is 4.74 Å². The fourth-order valence-corrected chi connectivity index (χ4v) is 1.62. The summed E-state index contributed by atoms with van der Waals surface area (Å²) in [5, 5.41) is 0. The molecule has 15 heavy (non-hydrogen) atoms. The molecule has 0 unspecified atom stereocenters. The van der Waals surface area contributed by atoms with Crippen molar-refractivity contribution in [1.29, 1.82) is 0 Å². The van der Waals surface area contributed by atoms with Gasteiger partial charge in [0.05, 0.1) is 13.2 Å². The van der Waals surface area contributed by atoms with Gasteiger partial charge >= 0.3 is 0 Å². The summed E-state index contributed by atoms with van der Waals surface area (Å²) in [5.41, 5.74) is 1.94. The highest BCUT2D eigenvalue weighted by Crippen LogP contribution is 2.18. The van der Waals surface area contributed by atoms with Crippen LogP contribution < -0.4 is 0 Å². The third-order valence-electron chi connectivity index (χ3n) is 2.45. The standard InChI is InChI=1S/C12H12F2O/c13-11-2-1-10(8-12(11)14)7-9-3-5-15-6-4-9/h1-2,7-8H,3-6H2. The van der Waals surface area contributed by atoms with E-state index in [9.17, 15) is 8.78 Å². The normalized spacial score (nSPS) is 16.5. The SMILES string of the molecule is Fc1ccc(C=C2CCOCC2)cc1F. The maximum atomic E-state index is 12.9. The Bertz CT molecular complexity index is 377. The molecule has 3 heteroatoms. The van der Waals surface area contributed by atoms with Gasteiger partial charge in [-0.15, -0.1) is 0 Å². The molecule has 1 fully saturated rings. The van der Waals surface area contributed by atoms with Gasteiger partial charge in [-0.3, -0.25) is 0 Å². The second-order valence-corrected chi connectivity index (χ2v) is 3.59. The van der Waals surface area contributed by atoms with Gasteiger partial charge in [0.2, 0.25) is 0 Å². The van der Waals surface area contributed by atoms with Gasteiger partial charge in [-0.2, -0.15) is 0 Å². The minimum absolute atomic E-state index is 0.714. The molecule has 1 heterocycles. The Balaban J connectivity index is 2.18. The van der Waals surface area contributed by atoms with Crippen molar-refractivity contribution in [2.24, 2.45) is 0 Å². The lowest BCUT2D eigenvalue weighted by Gasteiger charge is -2.14. The van der Waals surface area contributed by atoms with Crippen LogP contribution in [0.15, 0.2) is 23.8 Å². The zero-order valence-electron chi connectivity index (χ0n) is 8.30. The highest BCUT2D eigenvalue weighted by molar-refractivity contribution is 5.53. The van der Waals surface area contributed by atoms with E-state index in [4.69, 9.17) is 4.74 Å². The molecule has 0 aliphatic carbocycles. The molecule has 0 amide bonds. The zero-order chi connectivity index (χ0) is 10.7. The van der Waals surface area contributed by atoms with Gasteiger partial charge < -0.3 is 4.74 Å². The summed E-state index contributed by atoms with van der Waals surface area (Å²) in [6, 6.07) is 3.96. The number of halogens is 2. The van der Waals surface area contributed by atoms with E-state index < -0.39 is 11.6 Å². The van der Waals surface area contributed by atoms with E-state index in [-0.39, 0.29) is 0 Å². The monoisotopic (exact) mass is 210 g/mol. The van der Waals surface area contributed by atoms with Crippen LogP contribution in [-0.4, -0.2) is 13.2 Å². The number of hydrogen-bond acceptors (Lipinski definition) is 1. The molecule has 0 spiro atoms. The molecule has 80 valence electrons. The summed E-state index contributed by atoms with van der Waals surface area (Å²) in [5.74, 6) is -1.60. The second kappa shape index (κ2) is 4.53. The molecule has 1 saturated heterocycles. The number of hydrogen-bond donors (Lipinski definition) is 0. The summed E-state index contributed by atoms with van der Waals surface area (Å²) in [4.78, 5) is 0. The van der Waals surface area contributed by atoms with Crippen molar-refractivity contribution in [3.05, 3.63) is 41.0 Å². The van der Waals surface area contributed by atoms with Crippen molar-refractivity contribution in [3.63, 3.8) is 0 Å². The van der Waals surface area contributed by atoms with E-state index in [1.165, 1.54) is 11.6 Å². The molecule has 2 rings (SSSR count). The Kier molecular flexibility index (Phi) is 3.11. The molecular formula is C12H12F2O. The fraction of sp³-hybridized carbons (Fsp3) is 0.333. The predicted octanol–water partition coefficient (Wildman–Crippen LogP) is 3.16. The minimum Gasteiger partial charge on any atom is -0.381 e. The maximum absolute atomic E-state index is 12.9. The Morgan fingerprint density at radius 3 is 2.47 bits per heavy atom. The van der Waals surface area contributed by atoms with Gasteiger partial charge in [-0.1, -0.05) is 17.7 Å². The van der Waals surface area contributed by atoms with Crippen LogP contribution in [0.5, 0.6) is 0 Å². The van der Waals surface area contributed by atoms with Gasteiger partial charge in [-0.25, -0.2) is 8.78 Å². The summed E-state index contributed by atoms with van der Waals surface area (Å²) < 4.78 is 30.8. The van der Waals surface area contributed by atoms with Crippen molar-refractivity contribution in [3.8, 4) is 0 Å². The van der Waals surface area contributed by atoms with Crippen LogP contribution in [0.1, 0.15) is 18.4 Å². The maximum Gasteiger partial charge on any atom is 0.159 e. The largest absolute Gasteiger partial charge is 0.381 e. The van der Waals surface area contributed by atoms with Crippen LogP contribution in [0, 0.1) is 11.6 Å². The van der Waals surface area contributed by atoms with Crippen molar-refractivity contribution >= 4 is 6.08 Å². The number of rotatable bonds is 1. The molecule has 0 radical (unpaired) electrons. The number of ether oxygens (including phenoxy) is 1. The Labute approximate surface area is 87.4 Å². The summed E-state index contributed by atoms with van der Waals surface area (Å²) >= 11 is 0. The lowest BCUT2D eigenvalue weighted by molar-refractivity contribution is 0.119. The Morgan fingerprint density at radius 1 is 1.07 bits per heavy atom. The van der Waals surface area contributed by atoms with Gasteiger partial charge in [0.15, 0.2) is 11.6 Å². The highest BCUT2D eigenvalue weighted by atomic mass is 19.2. The molecule has 1 nitrogen and oxygen atoms in total. The molecule has 0 aromatic heterocycles. The molecule has 1 aromatic carbocycles. The minimum atomic E-state index is -0.802. The van der Waals surface area contributed by atoms with Crippen molar-refractivity contribution in [2.45, 2.75) is 12.8 Å². The molecule has 0 saturated carbocycles. The average Bonchev–Trinajstić information content (AvgIpc) is 2.25. The molecule has 1 aromatic rings. The van der Waals surface area contributed by atoms with Gasteiger partial charge in [0.25, 0.3) is 0 Å². The first-order chi connectivity index (χ1) is 7.25. The van der Waals surface area contributed by atoms with Gasteiger partial charge in [0.1, 0.15) is 0 Å². The highest BCUT2D eigenvalue weighted by Gasteiger charge is 2.06. The smallest absolute Gasteiger partial charge is 0.159 e. The van der Waals surface area contributed by atoms with E-state index >= 15 is 0 Å². The molecule has 0 N–H and O–H groups in total. The lowest BCUT2D eigenvalue weighted by Crippen LogP contribution is -2.06. The molecule has 1 aliphatic heterocycles. The lowest BCUT2D eigenvalue weighted by atomic mass is 10.0. The first kappa shape index (κ1) is 10.3. The molecule has 0 bridgehead atoms. The quantitative estimate of drug-likeness (QED) is 0.691. The van der Waals surface area contributed by atoms with Gasteiger partial charge in [0, 0.05) is 0 Å². The Hall–Kier alpha value is -1.22. The van der Waals surface area contributed by atoms with Crippen molar-refractivity contribution in [1.82, 2.24) is 0 Å². The molecular weight excluding hydrogens is 198 g/mol. The van der Waals surface area contributed by atoms with Crippen LogP contribution in [0.4, 0.5) is 8.78 Å². The first-order valence-electron chi connectivity index (χ1n) is 4.98. The summed E-state index contributed by atoms with van der Waals surface area (Å²) in [6.45, 7) is 1.44. The second-order valence-electron chi connectivity index (χ2n) is 3.59. The van der Waals surface area contributed by atoms with Crippen LogP contribution in [0.25, 0.3) is 6.08 Å². The number of benzene rings is 1. The molecule has 1 aliphatic rings. The van der Waals surface area contributed by atoms with Crippen LogP contribution >= 0.6 is 0 Å². The zero-order valence-corrected chi connectivity index (χ0v) is 8.30. The molecule has 0 atom stereocenters. The van der Waals surface area contributed by atoms with Crippen molar-refractivity contribution < 1.29 is 13.5 Å². The van der Waals surface area contributed by atoms with Crippen molar-refractivity contribution in [2.75, 3.05) is 13.2 Å². The summed E-state index contributed by atoms with van der Waals surface area (Å²) in [7, 11) is 0. The van der Waals surface area contributed by atoms with Crippen LogP contribution in [0.3, 0.4) is 0 Å². The van der Waals surface area contributed by atoms with E-state index in [2.05, 4.69) is 0 Å². The topological polar surface area (TPSA) is 9.23 Å². The summed E-state index contributed by atoms with van der Waals surface area (Å²) in [6.07, 6.45) is 3.66. The first-order valence-corrected chi connectivity index (χ1v) is 4.98. The van der Waals surface area contributed by atoms with Gasteiger partial charge in [-0.05, 0) is 30.5 Å². The fourth-order valence-electron chi connectivity index (χ4n) is 1.62. The third-order valence-corrected chi connectivity index (χ3v) is 2.45. The van der Waals surface area contributed by atoms with E-state index in [0.717, 1.165) is 32.1 Å². The van der Waals surface area contributed by atoms with Crippen LogP contribution in [0.2, 0.25) is 0 Å². The Morgan fingerprint density at radius 2 is 1.80 bits per heavy atom. The van der Waals surface area contributed by atoms with E-state index in [0.29, 0.717) is 5.56 Å².